The number of H-pyrrole nitrogens is 1. The molecule has 0 saturated heterocycles. The lowest BCUT2D eigenvalue weighted by atomic mass is 10.1. The molecule has 140 valence electrons. The zero-order chi connectivity index (χ0) is 19.4. The van der Waals surface area contributed by atoms with E-state index in [-0.39, 0.29) is 18.1 Å². The van der Waals surface area contributed by atoms with Gasteiger partial charge < -0.3 is 10.1 Å². The SMILES string of the molecule is COc1ccc(-c2cc(=O)[nH]c(NCc3ccc(C(F)(F)F)cc3)n2)cc1. The number of aromatic amines is 1. The topological polar surface area (TPSA) is 67.0 Å². The second kappa shape index (κ2) is 7.53. The summed E-state index contributed by atoms with van der Waals surface area (Å²) >= 11 is 0. The standard InChI is InChI=1S/C19H16F3N3O2/c1-27-15-8-4-13(5-9-15)16-10-17(26)25-18(24-16)23-11-12-2-6-14(7-3-12)19(20,21)22/h2-10H,11H2,1H3,(H2,23,24,25,26). The molecule has 0 atom stereocenters. The Balaban J connectivity index is 1.75. The molecule has 27 heavy (non-hydrogen) atoms. The number of nitrogens with zero attached hydrogens (tertiary/aromatic N) is 1. The summed E-state index contributed by atoms with van der Waals surface area (Å²) < 4.78 is 42.9. The number of hydrogen-bond acceptors (Lipinski definition) is 4. The molecule has 2 N–H and O–H groups in total. The quantitative estimate of drug-likeness (QED) is 0.705. The first-order valence-electron chi connectivity index (χ1n) is 8.01. The van der Waals surface area contributed by atoms with Crippen LogP contribution in [-0.4, -0.2) is 17.1 Å². The summed E-state index contributed by atoms with van der Waals surface area (Å²) in [7, 11) is 1.56. The van der Waals surface area contributed by atoms with Crippen LogP contribution in [0.3, 0.4) is 0 Å². The number of anilines is 1. The van der Waals surface area contributed by atoms with Gasteiger partial charge >= 0.3 is 6.18 Å². The third-order valence-corrected chi connectivity index (χ3v) is 3.87. The number of aromatic nitrogens is 2. The number of methoxy groups -OCH3 is 1. The van der Waals surface area contributed by atoms with Gasteiger partial charge in [0.05, 0.1) is 18.4 Å². The molecule has 3 rings (SSSR count). The fourth-order valence-electron chi connectivity index (χ4n) is 2.45. The number of alkyl halides is 3. The average Bonchev–Trinajstić information content (AvgIpc) is 2.66. The molecular formula is C19H16F3N3O2. The molecule has 8 heteroatoms. The molecule has 0 amide bonds. The van der Waals surface area contributed by atoms with Crippen LogP contribution in [0.15, 0.2) is 59.4 Å². The molecule has 2 aromatic carbocycles. The van der Waals surface area contributed by atoms with Crippen LogP contribution in [0.2, 0.25) is 0 Å². The summed E-state index contributed by atoms with van der Waals surface area (Å²) in [6, 6.07) is 13.2. The molecule has 1 aromatic heterocycles. The molecular weight excluding hydrogens is 359 g/mol. The van der Waals surface area contributed by atoms with Crippen molar-refractivity contribution in [3.63, 3.8) is 0 Å². The van der Waals surface area contributed by atoms with Crippen LogP contribution < -0.4 is 15.6 Å². The highest BCUT2D eigenvalue weighted by Gasteiger charge is 2.29. The van der Waals surface area contributed by atoms with Gasteiger partial charge in [-0.15, -0.1) is 0 Å². The minimum absolute atomic E-state index is 0.215. The van der Waals surface area contributed by atoms with Gasteiger partial charge in [0.1, 0.15) is 5.75 Å². The van der Waals surface area contributed by atoms with Crippen LogP contribution in [-0.2, 0) is 12.7 Å². The Hall–Kier alpha value is -3.29. The van der Waals surface area contributed by atoms with E-state index in [4.69, 9.17) is 4.74 Å². The first-order chi connectivity index (χ1) is 12.8. The third-order valence-electron chi connectivity index (χ3n) is 3.87. The van der Waals surface area contributed by atoms with Gasteiger partial charge in [-0.1, -0.05) is 12.1 Å². The molecule has 0 radical (unpaired) electrons. The molecule has 0 aliphatic carbocycles. The van der Waals surface area contributed by atoms with Crippen molar-refractivity contribution in [2.24, 2.45) is 0 Å². The minimum Gasteiger partial charge on any atom is -0.497 e. The van der Waals surface area contributed by atoms with Crippen molar-refractivity contribution in [1.29, 1.82) is 0 Å². The Morgan fingerprint density at radius 1 is 1.07 bits per heavy atom. The van der Waals surface area contributed by atoms with Crippen molar-refractivity contribution in [2.75, 3.05) is 12.4 Å². The maximum Gasteiger partial charge on any atom is 0.416 e. The second-order valence-electron chi connectivity index (χ2n) is 5.76. The average molecular weight is 375 g/mol. The van der Waals surface area contributed by atoms with Gasteiger partial charge in [-0.2, -0.15) is 13.2 Å². The van der Waals surface area contributed by atoms with Crippen molar-refractivity contribution in [1.82, 2.24) is 9.97 Å². The van der Waals surface area contributed by atoms with Crippen molar-refractivity contribution < 1.29 is 17.9 Å². The first-order valence-corrected chi connectivity index (χ1v) is 8.01. The van der Waals surface area contributed by atoms with Crippen LogP contribution in [0.4, 0.5) is 19.1 Å². The molecule has 0 spiro atoms. The highest BCUT2D eigenvalue weighted by Crippen LogP contribution is 2.29. The molecule has 5 nitrogen and oxygen atoms in total. The van der Waals surface area contributed by atoms with E-state index in [2.05, 4.69) is 15.3 Å². The van der Waals surface area contributed by atoms with Gasteiger partial charge in [0, 0.05) is 18.2 Å². The lowest BCUT2D eigenvalue weighted by molar-refractivity contribution is -0.137. The van der Waals surface area contributed by atoms with E-state index in [0.29, 0.717) is 17.0 Å². The fraction of sp³-hybridized carbons (Fsp3) is 0.158. The smallest absolute Gasteiger partial charge is 0.416 e. The van der Waals surface area contributed by atoms with Gasteiger partial charge in [-0.05, 0) is 42.0 Å². The lowest BCUT2D eigenvalue weighted by Crippen LogP contribution is -2.13. The van der Waals surface area contributed by atoms with Gasteiger partial charge in [0.2, 0.25) is 5.95 Å². The first kappa shape index (κ1) is 18.5. The molecule has 0 unspecified atom stereocenters. The summed E-state index contributed by atoms with van der Waals surface area (Å²) in [4.78, 5) is 18.8. The Morgan fingerprint density at radius 3 is 2.33 bits per heavy atom. The lowest BCUT2D eigenvalue weighted by Gasteiger charge is -2.10. The highest BCUT2D eigenvalue weighted by atomic mass is 19.4. The van der Waals surface area contributed by atoms with Crippen molar-refractivity contribution in [3.05, 3.63) is 76.1 Å². The fourth-order valence-corrected chi connectivity index (χ4v) is 2.45. The monoisotopic (exact) mass is 375 g/mol. The zero-order valence-corrected chi connectivity index (χ0v) is 14.3. The number of halogens is 3. The van der Waals surface area contributed by atoms with Gasteiger partial charge in [0.25, 0.3) is 5.56 Å². The normalized spacial score (nSPS) is 11.3. The zero-order valence-electron chi connectivity index (χ0n) is 14.3. The summed E-state index contributed by atoms with van der Waals surface area (Å²) in [6.07, 6.45) is -4.37. The molecule has 0 aliphatic heterocycles. The Bertz CT molecular complexity index is 965. The number of nitrogens with one attached hydrogen (secondary N) is 2. The van der Waals surface area contributed by atoms with E-state index in [1.54, 1.807) is 31.4 Å². The molecule has 0 saturated carbocycles. The summed E-state index contributed by atoms with van der Waals surface area (Å²) in [5.74, 6) is 0.914. The summed E-state index contributed by atoms with van der Waals surface area (Å²) in [5, 5.41) is 2.92. The Labute approximate surface area is 152 Å². The number of hydrogen-bond donors (Lipinski definition) is 2. The number of benzene rings is 2. The van der Waals surface area contributed by atoms with Crippen molar-refractivity contribution in [3.8, 4) is 17.0 Å². The maximum atomic E-state index is 12.6. The van der Waals surface area contributed by atoms with E-state index in [0.717, 1.165) is 17.7 Å². The van der Waals surface area contributed by atoms with Gasteiger partial charge in [0.15, 0.2) is 0 Å². The molecule has 0 bridgehead atoms. The Morgan fingerprint density at radius 2 is 1.74 bits per heavy atom. The van der Waals surface area contributed by atoms with E-state index in [1.165, 1.54) is 18.2 Å². The van der Waals surface area contributed by atoms with Gasteiger partial charge in [-0.3, -0.25) is 9.78 Å². The van der Waals surface area contributed by atoms with E-state index < -0.39 is 11.7 Å². The summed E-state index contributed by atoms with van der Waals surface area (Å²) in [5.41, 5.74) is 0.779. The predicted molar refractivity (Wildman–Crippen MR) is 95.6 cm³/mol. The van der Waals surface area contributed by atoms with Gasteiger partial charge in [-0.25, -0.2) is 4.98 Å². The van der Waals surface area contributed by atoms with Crippen LogP contribution in [0.5, 0.6) is 5.75 Å². The van der Waals surface area contributed by atoms with E-state index in [9.17, 15) is 18.0 Å². The molecule has 1 heterocycles. The van der Waals surface area contributed by atoms with E-state index >= 15 is 0 Å². The maximum absolute atomic E-state index is 12.6. The second-order valence-corrected chi connectivity index (χ2v) is 5.76. The minimum atomic E-state index is -4.37. The van der Waals surface area contributed by atoms with Crippen molar-refractivity contribution >= 4 is 5.95 Å². The Kier molecular flexibility index (Phi) is 5.16. The summed E-state index contributed by atoms with van der Waals surface area (Å²) in [6.45, 7) is 0.215. The predicted octanol–water partition coefficient (Wildman–Crippen LogP) is 4.08. The largest absolute Gasteiger partial charge is 0.497 e. The van der Waals surface area contributed by atoms with Crippen molar-refractivity contribution in [2.45, 2.75) is 12.7 Å². The van der Waals surface area contributed by atoms with Crippen LogP contribution in [0.25, 0.3) is 11.3 Å². The van der Waals surface area contributed by atoms with Crippen LogP contribution in [0, 0.1) is 0 Å². The molecule has 3 aromatic rings. The number of rotatable bonds is 5. The third kappa shape index (κ3) is 4.66. The van der Waals surface area contributed by atoms with E-state index in [1.807, 2.05) is 0 Å². The number of ether oxygens (including phenoxy) is 1. The molecule has 0 aliphatic rings. The highest BCUT2D eigenvalue weighted by molar-refractivity contribution is 5.60. The van der Waals surface area contributed by atoms with Crippen LogP contribution in [0.1, 0.15) is 11.1 Å². The van der Waals surface area contributed by atoms with Crippen LogP contribution >= 0.6 is 0 Å². The molecule has 0 fully saturated rings.